The summed E-state index contributed by atoms with van der Waals surface area (Å²) in [6, 6.07) is 5.42. The smallest absolute Gasteiger partial charge is 0.284 e. The zero-order valence-electron chi connectivity index (χ0n) is 11.9. The second-order valence-electron chi connectivity index (χ2n) is 5.75. The van der Waals surface area contributed by atoms with Crippen molar-refractivity contribution in [2.75, 3.05) is 11.9 Å². The van der Waals surface area contributed by atoms with E-state index in [1.54, 1.807) is 18.2 Å². The van der Waals surface area contributed by atoms with Crippen molar-refractivity contribution in [3.63, 3.8) is 0 Å². The van der Waals surface area contributed by atoms with Gasteiger partial charge < -0.3 is 10.1 Å². The van der Waals surface area contributed by atoms with Crippen LogP contribution >= 0.6 is 11.6 Å². The fourth-order valence-electron chi connectivity index (χ4n) is 2.95. The van der Waals surface area contributed by atoms with Gasteiger partial charge in [-0.1, -0.05) is 17.7 Å². The fourth-order valence-corrected chi connectivity index (χ4v) is 3.16. The van der Waals surface area contributed by atoms with Crippen molar-refractivity contribution in [1.29, 1.82) is 0 Å². The predicted octanol–water partition coefficient (Wildman–Crippen LogP) is 2.77. The van der Waals surface area contributed by atoms with Gasteiger partial charge in [0.15, 0.2) is 5.75 Å². The van der Waals surface area contributed by atoms with Crippen LogP contribution in [-0.2, 0) is 4.79 Å². The molecule has 3 rings (SSSR count). The first-order valence-electron chi connectivity index (χ1n) is 6.88. The molecule has 0 unspecified atom stereocenters. The minimum atomic E-state index is -1.03. The quantitative estimate of drug-likeness (QED) is 0.812. The zero-order chi connectivity index (χ0) is 15.2. The Morgan fingerprint density at radius 2 is 2.33 bits per heavy atom. The summed E-state index contributed by atoms with van der Waals surface area (Å²) in [5.41, 5.74) is -0.446. The summed E-state index contributed by atoms with van der Waals surface area (Å²) in [6.07, 6.45) is 0.00494. The molecule has 110 valence electrons. The number of nitrogens with one attached hydrogen (secondary N) is 1. The van der Waals surface area contributed by atoms with Crippen molar-refractivity contribution in [2.45, 2.75) is 38.1 Å². The lowest BCUT2D eigenvalue weighted by Crippen LogP contribution is -2.53. The van der Waals surface area contributed by atoms with Crippen LogP contribution in [0.2, 0.25) is 5.02 Å². The number of hydrogen-bond donors (Lipinski definition) is 1. The van der Waals surface area contributed by atoms with Crippen molar-refractivity contribution in [1.82, 2.24) is 4.90 Å². The number of amides is 1. The standard InChI is InChI=1S/C15H16ClN3O2/c1-9(2)19-8-15(7-12(19)17-3)14(20)18-11-6-4-5-10(16)13(11)21-15/h4-6,9,12H,7-8H2,1-2H3,(H,18,20)/t12-,15+/m0/s1. The Hall–Kier alpha value is -1.77. The first-order valence-corrected chi connectivity index (χ1v) is 7.26. The van der Waals surface area contributed by atoms with Gasteiger partial charge in [-0.25, -0.2) is 11.5 Å². The molecule has 0 saturated carbocycles. The van der Waals surface area contributed by atoms with E-state index in [9.17, 15) is 4.79 Å². The highest BCUT2D eigenvalue weighted by molar-refractivity contribution is 6.32. The number of hydrogen-bond acceptors (Lipinski definition) is 3. The van der Waals surface area contributed by atoms with Gasteiger partial charge in [0.25, 0.3) is 12.1 Å². The number of carbonyl (C=O) groups excluding carboxylic acids is 1. The van der Waals surface area contributed by atoms with Gasteiger partial charge in [0.2, 0.25) is 5.60 Å². The largest absolute Gasteiger partial charge is 0.472 e. The summed E-state index contributed by atoms with van der Waals surface area (Å²) >= 11 is 6.17. The average molecular weight is 306 g/mol. The lowest BCUT2D eigenvalue weighted by atomic mass is 9.98. The molecule has 0 radical (unpaired) electrons. The maximum atomic E-state index is 12.5. The number of ether oxygens (including phenoxy) is 1. The minimum Gasteiger partial charge on any atom is -0.472 e. The normalized spacial score (nSPS) is 28.1. The van der Waals surface area contributed by atoms with Gasteiger partial charge in [0.1, 0.15) is 0 Å². The molecule has 21 heavy (non-hydrogen) atoms. The molecule has 1 spiro atoms. The van der Waals surface area contributed by atoms with Gasteiger partial charge in [-0.2, -0.15) is 0 Å². The van der Waals surface area contributed by atoms with E-state index >= 15 is 0 Å². The summed E-state index contributed by atoms with van der Waals surface area (Å²) in [7, 11) is 0. The van der Waals surface area contributed by atoms with Crippen molar-refractivity contribution >= 4 is 23.2 Å². The summed E-state index contributed by atoms with van der Waals surface area (Å²) in [6.45, 7) is 11.8. The van der Waals surface area contributed by atoms with Gasteiger partial charge in [-0.3, -0.25) is 9.64 Å². The number of anilines is 1. The van der Waals surface area contributed by atoms with E-state index in [1.165, 1.54) is 0 Å². The highest BCUT2D eigenvalue weighted by Gasteiger charge is 2.57. The Morgan fingerprint density at radius 3 is 2.95 bits per heavy atom. The number of fused-ring (bicyclic) bond motifs is 1. The molecule has 1 aromatic carbocycles. The van der Waals surface area contributed by atoms with Crippen LogP contribution in [0.5, 0.6) is 5.75 Å². The lowest BCUT2D eigenvalue weighted by molar-refractivity contribution is -0.131. The van der Waals surface area contributed by atoms with Crippen LogP contribution in [0.4, 0.5) is 5.69 Å². The Kier molecular flexibility index (Phi) is 3.31. The highest BCUT2D eigenvalue weighted by Crippen LogP contribution is 2.44. The number of halogens is 1. The van der Waals surface area contributed by atoms with E-state index in [1.807, 2.05) is 18.7 Å². The van der Waals surface area contributed by atoms with Crippen LogP contribution in [0.25, 0.3) is 4.85 Å². The van der Waals surface area contributed by atoms with Crippen molar-refractivity contribution in [3.05, 3.63) is 34.6 Å². The molecule has 6 heteroatoms. The maximum Gasteiger partial charge on any atom is 0.284 e. The van der Waals surface area contributed by atoms with Crippen LogP contribution in [-0.4, -0.2) is 35.2 Å². The Balaban J connectivity index is 1.99. The molecule has 1 aromatic rings. The summed E-state index contributed by atoms with van der Waals surface area (Å²) in [4.78, 5) is 18.1. The molecule has 1 saturated heterocycles. The minimum absolute atomic E-state index is 0.174. The SMILES string of the molecule is [C-]#[N+][C@@H]1C[C@]2(CN1C(C)C)Oc1c(Cl)cccc1NC2=O. The summed E-state index contributed by atoms with van der Waals surface area (Å²) in [5, 5.41) is 3.33. The van der Waals surface area contributed by atoms with Gasteiger partial charge in [0.05, 0.1) is 23.7 Å². The van der Waals surface area contributed by atoms with Gasteiger partial charge in [-0.15, -0.1) is 0 Å². The lowest BCUT2D eigenvalue weighted by Gasteiger charge is -2.34. The molecule has 2 heterocycles. The number of benzene rings is 1. The van der Waals surface area contributed by atoms with E-state index in [4.69, 9.17) is 22.9 Å². The average Bonchev–Trinajstić information content (AvgIpc) is 2.82. The predicted molar refractivity (Wildman–Crippen MR) is 80.3 cm³/mol. The Bertz CT molecular complexity index is 640. The highest BCUT2D eigenvalue weighted by atomic mass is 35.5. The molecular formula is C15H16ClN3O2. The van der Waals surface area contributed by atoms with E-state index in [0.717, 1.165) is 0 Å². The third-order valence-electron chi connectivity index (χ3n) is 4.07. The van der Waals surface area contributed by atoms with Crippen LogP contribution in [0.1, 0.15) is 20.3 Å². The van der Waals surface area contributed by atoms with Crippen molar-refractivity contribution in [2.24, 2.45) is 0 Å². The van der Waals surface area contributed by atoms with Gasteiger partial charge in [-0.05, 0) is 26.0 Å². The molecule has 0 aromatic heterocycles. The molecule has 1 fully saturated rings. The third kappa shape index (κ3) is 2.15. The molecular weight excluding hydrogens is 290 g/mol. The van der Waals surface area contributed by atoms with E-state index in [-0.39, 0.29) is 18.1 Å². The second-order valence-corrected chi connectivity index (χ2v) is 6.15. The number of nitrogens with zero attached hydrogens (tertiary/aromatic N) is 2. The monoisotopic (exact) mass is 305 g/mol. The van der Waals surface area contributed by atoms with Crippen molar-refractivity contribution in [3.8, 4) is 5.75 Å². The van der Waals surface area contributed by atoms with Crippen LogP contribution in [0, 0.1) is 6.57 Å². The van der Waals surface area contributed by atoms with E-state index < -0.39 is 5.60 Å². The fraction of sp³-hybridized carbons (Fsp3) is 0.467. The number of likely N-dealkylation sites (tertiary alicyclic amines) is 1. The number of rotatable bonds is 1. The molecule has 2 aliphatic rings. The van der Waals surface area contributed by atoms with E-state index in [0.29, 0.717) is 29.4 Å². The molecule has 0 bridgehead atoms. The van der Waals surface area contributed by atoms with Crippen LogP contribution in [0.3, 0.4) is 0 Å². The molecule has 2 atom stereocenters. The summed E-state index contributed by atoms with van der Waals surface area (Å²) < 4.78 is 6.01. The van der Waals surface area contributed by atoms with Gasteiger partial charge >= 0.3 is 0 Å². The topological polar surface area (TPSA) is 45.9 Å². The van der Waals surface area contributed by atoms with E-state index in [2.05, 4.69) is 10.2 Å². The Morgan fingerprint density at radius 1 is 1.57 bits per heavy atom. The van der Waals surface area contributed by atoms with Crippen molar-refractivity contribution < 1.29 is 9.53 Å². The third-order valence-corrected chi connectivity index (χ3v) is 4.37. The molecule has 0 aliphatic carbocycles. The maximum absolute atomic E-state index is 12.5. The first kappa shape index (κ1) is 14.2. The molecule has 2 aliphatic heterocycles. The number of para-hydroxylation sites is 1. The Labute approximate surface area is 128 Å². The first-order chi connectivity index (χ1) is 9.97. The zero-order valence-corrected chi connectivity index (χ0v) is 12.6. The second kappa shape index (κ2) is 4.90. The van der Waals surface area contributed by atoms with Crippen LogP contribution in [0.15, 0.2) is 18.2 Å². The summed E-state index contributed by atoms with van der Waals surface area (Å²) in [5.74, 6) is 0.294. The molecule has 1 N–H and O–H groups in total. The van der Waals surface area contributed by atoms with Crippen LogP contribution < -0.4 is 10.1 Å². The molecule has 5 nitrogen and oxygen atoms in total. The van der Waals surface area contributed by atoms with Gasteiger partial charge in [0, 0.05) is 6.04 Å². The molecule has 1 amide bonds. The number of carbonyl (C=O) groups is 1.